The van der Waals surface area contributed by atoms with Gasteiger partial charge in [-0.2, -0.15) is 0 Å². The molecule has 15 heavy (non-hydrogen) atoms. The van der Waals surface area contributed by atoms with E-state index in [1.807, 2.05) is 5.38 Å². The van der Waals surface area contributed by atoms with Crippen LogP contribution < -0.4 is 5.14 Å². The number of benzene rings is 1. The Morgan fingerprint density at radius 1 is 1.20 bits per heavy atom. The SMILES string of the molecule is NS(=O)(=O)c1ccc(-c2nccs2)cc1. The fraction of sp³-hybridized carbons (Fsp3) is 0. The van der Waals surface area contributed by atoms with E-state index in [9.17, 15) is 8.42 Å². The summed E-state index contributed by atoms with van der Waals surface area (Å²) in [5, 5.41) is 7.71. The maximum Gasteiger partial charge on any atom is 0.238 e. The lowest BCUT2D eigenvalue weighted by molar-refractivity contribution is 0.598. The van der Waals surface area contributed by atoms with Crippen LogP contribution >= 0.6 is 11.3 Å². The third-order valence-electron chi connectivity index (χ3n) is 1.86. The Morgan fingerprint density at radius 2 is 1.87 bits per heavy atom. The predicted molar refractivity (Wildman–Crippen MR) is 58.9 cm³/mol. The molecule has 0 aliphatic heterocycles. The largest absolute Gasteiger partial charge is 0.245 e. The number of primary sulfonamides is 1. The van der Waals surface area contributed by atoms with Crippen LogP contribution in [0, 0.1) is 0 Å². The lowest BCUT2D eigenvalue weighted by atomic mass is 10.2. The minimum Gasteiger partial charge on any atom is -0.245 e. The molecule has 0 saturated carbocycles. The zero-order valence-corrected chi connectivity index (χ0v) is 9.25. The number of aromatic nitrogens is 1. The van der Waals surface area contributed by atoms with Gasteiger partial charge in [0.05, 0.1) is 4.90 Å². The second-order valence-corrected chi connectivity index (χ2v) is 5.36. The highest BCUT2D eigenvalue weighted by Crippen LogP contribution is 2.22. The van der Waals surface area contributed by atoms with E-state index in [2.05, 4.69) is 4.98 Å². The summed E-state index contributed by atoms with van der Waals surface area (Å²) >= 11 is 1.50. The lowest BCUT2D eigenvalue weighted by Gasteiger charge is -1.99. The van der Waals surface area contributed by atoms with Gasteiger partial charge in [0.1, 0.15) is 5.01 Å². The van der Waals surface area contributed by atoms with Crippen molar-refractivity contribution < 1.29 is 8.42 Å². The zero-order valence-electron chi connectivity index (χ0n) is 7.62. The Morgan fingerprint density at radius 3 is 2.33 bits per heavy atom. The molecule has 0 fully saturated rings. The van der Waals surface area contributed by atoms with E-state index in [1.54, 1.807) is 18.3 Å². The molecule has 2 N–H and O–H groups in total. The van der Waals surface area contributed by atoms with Crippen LogP contribution in [-0.2, 0) is 10.0 Å². The summed E-state index contributed by atoms with van der Waals surface area (Å²) < 4.78 is 22.0. The maximum absolute atomic E-state index is 11.0. The molecule has 0 aliphatic carbocycles. The quantitative estimate of drug-likeness (QED) is 0.863. The van der Waals surface area contributed by atoms with E-state index in [4.69, 9.17) is 5.14 Å². The van der Waals surface area contributed by atoms with E-state index in [0.29, 0.717) is 0 Å². The van der Waals surface area contributed by atoms with Crippen LogP contribution in [0.1, 0.15) is 0 Å². The number of thiazole rings is 1. The number of nitrogens with zero attached hydrogens (tertiary/aromatic N) is 1. The average Bonchev–Trinajstić information content (AvgIpc) is 2.69. The third-order valence-corrected chi connectivity index (χ3v) is 3.61. The molecule has 0 radical (unpaired) electrons. The highest BCUT2D eigenvalue weighted by Gasteiger charge is 2.07. The summed E-state index contributed by atoms with van der Waals surface area (Å²) in [6.45, 7) is 0. The highest BCUT2D eigenvalue weighted by molar-refractivity contribution is 7.89. The molecule has 4 nitrogen and oxygen atoms in total. The number of nitrogens with two attached hydrogens (primary N) is 1. The van der Waals surface area contributed by atoms with E-state index in [1.165, 1.54) is 23.5 Å². The fourth-order valence-corrected chi connectivity index (χ4v) is 2.31. The summed E-state index contributed by atoms with van der Waals surface area (Å²) in [6, 6.07) is 6.34. The van der Waals surface area contributed by atoms with Crippen molar-refractivity contribution in [3.8, 4) is 10.6 Å². The minimum absolute atomic E-state index is 0.114. The molecular weight excluding hydrogens is 232 g/mol. The summed E-state index contributed by atoms with van der Waals surface area (Å²) in [5.41, 5.74) is 0.886. The number of hydrogen-bond acceptors (Lipinski definition) is 4. The van der Waals surface area contributed by atoms with Crippen molar-refractivity contribution in [2.75, 3.05) is 0 Å². The summed E-state index contributed by atoms with van der Waals surface area (Å²) in [5.74, 6) is 0. The molecular formula is C9H8N2O2S2. The van der Waals surface area contributed by atoms with Gasteiger partial charge in [0, 0.05) is 17.1 Å². The first-order valence-corrected chi connectivity index (χ1v) is 6.53. The van der Waals surface area contributed by atoms with Gasteiger partial charge < -0.3 is 0 Å². The molecule has 0 unspecified atom stereocenters. The lowest BCUT2D eigenvalue weighted by Crippen LogP contribution is -2.11. The summed E-state index contributed by atoms with van der Waals surface area (Å²) in [4.78, 5) is 4.23. The topological polar surface area (TPSA) is 73.1 Å². The van der Waals surface area contributed by atoms with Crippen LogP contribution in [0.3, 0.4) is 0 Å². The van der Waals surface area contributed by atoms with Crippen LogP contribution in [0.25, 0.3) is 10.6 Å². The standard InChI is InChI=1S/C9H8N2O2S2/c10-15(12,13)8-3-1-7(2-4-8)9-11-5-6-14-9/h1-6H,(H2,10,12,13). The molecule has 0 spiro atoms. The molecule has 2 rings (SSSR count). The summed E-state index contributed by atoms with van der Waals surface area (Å²) in [7, 11) is -3.61. The van der Waals surface area contributed by atoms with Gasteiger partial charge in [-0.1, -0.05) is 12.1 Å². The van der Waals surface area contributed by atoms with Crippen molar-refractivity contribution >= 4 is 21.4 Å². The van der Waals surface area contributed by atoms with Crippen molar-refractivity contribution in [3.05, 3.63) is 35.8 Å². The first kappa shape index (κ1) is 10.3. The van der Waals surface area contributed by atoms with Crippen molar-refractivity contribution in [3.63, 3.8) is 0 Å². The minimum atomic E-state index is -3.61. The van der Waals surface area contributed by atoms with Crippen LogP contribution in [0.5, 0.6) is 0 Å². The van der Waals surface area contributed by atoms with Crippen molar-refractivity contribution in [2.45, 2.75) is 4.90 Å². The molecule has 2 aromatic rings. The van der Waals surface area contributed by atoms with Crippen LogP contribution in [-0.4, -0.2) is 13.4 Å². The van der Waals surface area contributed by atoms with Gasteiger partial charge in [-0.15, -0.1) is 11.3 Å². The van der Waals surface area contributed by atoms with Gasteiger partial charge in [-0.3, -0.25) is 0 Å². The van der Waals surface area contributed by atoms with Gasteiger partial charge in [0.15, 0.2) is 0 Å². The first-order chi connectivity index (χ1) is 7.07. The van der Waals surface area contributed by atoms with Gasteiger partial charge in [-0.25, -0.2) is 18.5 Å². The highest BCUT2D eigenvalue weighted by atomic mass is 32.2. The van der Waals surface area contributed by atoms with Gasteiger partial charge in [0.25, 0.3) is 0 Å². The molecule has 0 aliphatic rings. The smallest absolute Gasteiger partial charge is 0.238 e. The Hall–Kier alpha value is -1.24. The van der Waals surface area contributed by atoms with Crippen LogP contribution in [0.4, 0.5) is 0 Å². The van der Waals surface area contributed by atoms with Gasteiger partial charge >= 0.3 is 0 Å². The van der Waals surface area contributed by atoms with Crippen LogP contribution in [0.15, 0.2) is 40.7 Å². The second kappa shape index (κ2) is 3.73. The fourth-order valence-electron chi connectivity index (χ4n) is 1.15. The normalized spacial score (nSPS) is 11.5. The molecule has 6 heteroatoms. The van der Waals surface area contributed by atoms with Crippen molar-refractivity contribution in [1.82, 2.24) is 4.98 Å². The van der Waals surface area contributed by atoms with Crippen LogP contribution in [0.2, 0.25) is 0 Å². The Bertz CT molecular complexity index is 544. The monoisotopic (exact) mass is 240 g/mol. The Kier molecular flexibility index (Phi) is 2.56. The molecule has 0 atom stereocenters. The molecule has 1 aromatic heterocycles. The number of rotatable bonds is 2. The molecule has 1 heterocycles. The number of sulfonamides is 1. The third kappa shape index (κ3) is 2.23. The van der Waals surface area contributed by atoms with Gasteiger partial charge in [-0.05, 0) is 12.1 Å². The molecule has 0 amide bonds. The molecule has 1 aromatic carbocycles. The van der Waals surface area contributed by atoms with Crippen molar-refractivity contribution in [2.24, 2.45) is 5.14 Å². The second-order valence-electron chi connectivity index (χ2n) is 2.91. The molecule has 0 saturated heterocycles. The number of hydrogen-bond donors (Lipinski definition) is 1. The van der Waals surface area contributed by atoms with E-state index < -0.39 is 10.0 Å². The first-order valence-electron chi connectivity index (χ1n) is 4.10. The molecule has 0 bridgehead atoms. The van der Waals surface area contributed by atoms with Gasteiger partial charge in [0.2, 0.25) is 10.0 Å². The summed E-state index contributed by atoms with van der Waals surface area (Å²) in [6.07, 6.45) is 1.70. The zero-order chi connectivity index (χ0) is 10.9. The maximum atomic E-state index is 11.0. The predicted octanol–water partition coefficient (Wildman–Crippen LogP) is 1.46. The molecule has 78 valence electrons. The van der Waals surface area contributed by atoms with E-state index in [-0.39, 0.29) is 4.90 Å². The average molecular weight is 240 g/mol. The van der Waals surface area contributed by atoms with Crippen molar-refractivity contribution in [1.29, 1.82) is 0 Å². The Labute approximate surface area is 91.4 Å². The van der Waals surface area contributed by atoms with E-state index >= 15 is 0 Å². The van der Waals surface area contributed by atoms with E-state index in [0.717, 1.165) is 10.6 Å². The Balaban J connectivity index is 2.42.